The van der Waals surface area contributed by atoms with Crippen molar-refractivity contribution < 1.29 is 0 Å². The van der Waals surface area contributed by atoms with E-state index in [4.69, 9.17) is 5.73 Å². The fourth-order valence-electron chi connectivity index (χ4n) is 5.46. The van der Waals surface area contributed by atoms with Crippen LogP contribution in [0.5, 0.6) is 0 Å². The highest BCUT2D eigenvalue weighted by Gasteiger charge is 2.49. The summed E-state index contributed by atoms with van der Waals surface area (Å²) in [6, 6.07) is 0.864. The van der Waals surface area contributed by atoms with Crippen molar-refractivity contribution in [3.63, 3.8) is 0 Å². The summed E-state index contributed by atoms with van der Waals surface area (Å²) >= 11 is 0. The van der Waals surface area contributed by atoms with E-state index >= 15 is 0 Å². The maximum Gasteiger partial charge on any atom is 0.0149 e. The molecule has 0 amide bonds. The van der Waals surface area contributed by atoms with Gasteiger partial charge < -0.3 is 10.6 Å². The predicted molar refractivity (Wildman–Crippen MR) is 76.3 cm³/mol. The average Bonchev–Trinajstić information content (AvgIpc) is 2.26. The molecule has 4 aliphatic rings. The van der Waals surface area contributed by atoms with Crippen LogP contribution in [0.4, 0.5) is 0 Å². The van der Waals surface area contributed by atoms with Gasteiger partial charge in [0.25, 0.3) is 0 Å². The smallest absolute Gasteiger partial charge is 0.0149 e. The average molecular weight is 250 g/mol. The van der Waals surface area contributed by atoms with Crippen LogP contribution in [0.1, 0.15) is 46.0 Å². The van der Waals surface area contributed by atoms with Crippen molar-refractivity contribution in [2.45, 2.75) is 52.0 Å². The van der Waals surface area contributed by atoms with Gasteiger partial charge >= 0.3 is 0 Å². The van der Waals surface area contributed by atoms with Gasteiger partial charge in [-0.3, -0.25) is 0 Å². The van der Waals surface area contributed by atoms with Crippen LogP contribution in [0.2, 0.25) is 0 Å². The van der Waals surface area contributed by atoms with Gasteiger partial charge in [0, 0.05) is 12.6 Å². The molecule has 4 saturated carbocycles. The zero-order chi connectivity index (χ0) is 12.9. The molecule has 0 aromatic heterocycles. The number of hydrogen-bond acceptors (Lipinski definition) is 2. The van der Waals surface area contributed by atoms with E-state index < -0.39 is 0 Å². The van der Waals surface area contributed by atoms with Gasteiger partial charge in [0.2, 0.25) is 0 Å². The minimum Gasteiger partial charge on any atom is -0.330 e. The Labute approximate surface area is 112 Å². The molecule has 104 valence electrons. The molecule has 4 aliphatic carbocycles. The van der Waals surface area contributed by atoms with Gasteiger partial charge in [-0.15, -0.1) is 0 Å². The quantitative estimate of drug-likeness (QED) is 0.831. The maximum atomic E-state index is 5.90. The summed E-state index contributed by atoms with van der Waals surface area (Å²) in [5.74, 6) is 4.17. The Balaban J connectivity index is 1.69. The van der Waals surface area contributed by atoms with Crippen LogP contribution in [0.15, 0.2) is 0 Å². The second-order valence-corrected chi connectivity index (χ2v) is 8.20. The van der Waals surface area contributed by atoms with Crippen LogP contribution >= 0.6 is 0 Å². The monoisotopic (exact) mass is 250 g/mol. The van der Waals surface area contributed by atoms with Crippen molar-refractivity contribution >= 4 is 0 Å². The van der Waals surface area contributed by atoms with Crippen molar-refractivity contribution in [3.8, 4) is 0 Å². The largest absolute Gasteiger partial charge is 0.330 e. The van der Waals surface area contributed by atoms with Crippen molar-refractivity contribution in [2.75, 3.05) is 20.1 Å². The standard InChI is InChI=1S/C16H30N2/c1-16(2,9-17)10-18(3)15-13-5-11-4-12(7-13)8-14(15)6-11/h11-15H,4-10,17H2,1-3H3. The first kappa shape index (κ1) is 12.9. The third-order valence-electron chi connectivity index (χ3n) is 5.92. The zero-order valence-electron chi connectivity index (χ0n) is 12.4. The van der Waals surface area contributed by atoms with Crippen molar-refractivity contribution in [2.24, 2.45) is 34.8 Å². The van der Waals surface area contributed by atoms with Gasteiger partial charge in [0.15, 0.2) is 0 Å². The van der Waals surface area contributed by atoms with E-state index in [1.165, 1.54) is 25.7 Å². The van der Waals surface area contributed by atoms with Gasteiger partial charge in [-0.05, 0) is 74.8 Å². The molecule has 4 rings (SSSR count). The van der Waals surface area contributed by atoms with Crippen molar-refractivity contribution in [3.05, 3.63) is 0 Å². The third kappa shape index (κ3) is 2.22. The molecule has 0 heterocycles. The van der Waals surface area contributed by atoms with Crippen molar-refractivity contribution in [1.29, 1.82) is 0 Å². The Morgan fingerprint density at radius 2 is 1.50 bits per heavy atom. The van der Waals surface area contributed by atoms with Gasteiger partial charge in [-0.25, -0.2) is 0 Å². The lowest BCUT2D eigenvalue weighted by molar-refractivity contribution is -0.0646. The Kier molecular flexibility index (Phi) is 3.22. The SMILES string of the molecule is CN(CC(C)(C)CN)C1C2CC3CC(C2)CC1C3. The van der Waals surface area contributed by atoms with E-state index in [1.807, 2.05) is 0 Å². The summed E-state index contributed by atoms with van der Waals surface area (Å²) in [5, 5.41) is 0. The molecule has 0 spiro atoms. The molecule has 0 aromatic carbocycles. The molecule has 2 nitrogen and oxygen atoms in total. The third-order valence-corrected chi connectivity index (χ3v) is 5.92. The molecule has 0 radical (unpaired) electrons. The number of nitrogens with zero attached hydrogens (tertiary/aromatic N) is 1. The van der Waals surface area contributed by atoms with Crippen LogP contribution in [0.25, 0.3) is 0 Å². The molecule has 0 aliphatic heterocycles. The zero-order valence-corrected chi connectivity index (χ0v) is 12.4. The maximum absolute atomic E-state index is 5.90. The molecule has 4 bridgehead atoms. The minimum absolute atomic E-state index is 0.267. The summed E-state index contributed by atoms with van der Waals surface area (Å²) in [4.78, 5) is 2.67. The van der Waals surface area contributed by atoms with E-state index in [0.717, 1.165) is 42.8 Å². The molecular formula is C16H30N2. The number of nitrogens with two attached hydrogens (primary N) is 1. The molecule has 0 aromatic rings. The first-order valence-corrected chi connectivity index (χ1v) is 7.89. The number of hydrogen-bond donors (Lipinski definition) is 1. The van der Waals surface area contributed by atoms with Gasteiger partial charge in [0.05, 0.1) is 0 Å². The predicted octanol–water partition coefficient (Wildman–Crippen LogP) is 2.73. The lowest BCUT2D eigenvalue weighted by Crippen LogP contribution is -2.56. The Morgan fingerprint density at radius 3 is 1.94 bits per heavy atom. The fourth-order valence-corrected chi connectivity index (χ4v) is 5.46. The molecule has 0 saturated heterocycles. The lowest BCUT2D eigenvalue weighted by atomic mass is 9.54. The van der Waals surface area contributed by atoms with Crippen LogP contribution in [0.3, 0.4) is 0 Å². The normalized spacial score (nSPS) is 42.8. The molecule has 4 fully saturated rings. The topological polar surface area (TPSA) is 29.3 Å². The van der Waals surface area contributed by atoms with E-state index in [2.05, 4.69) is 25.8 Å². The highest BCUT2D eigenvalue weighted by atomic mass is 15.2. The van der Waals surface area contributed by atoms with Crippen molar-refractivity contribution in [1.82, 2.24) is 4.90 Å². The number of rotatable bonds is 4. The summed E-state index contributed by atoms with van der Waals surface area (Å²) in [5.41, 5.74) is 6.17. The lowest BCUT2D eigenvalue weighted by Gasteiger charge is -2.57. The first-order chi connectivity index (χ1) is 8.48. The van der Waals surface area contributed by atoms with Crippen LogP contribution in [0, 0.1) is 29.1 Å². The highest BCUT2D eigenvalue weighted by molar-refractivity contribution is 5.02. The van der Waals surface area contributed by atoms with Crippen LogP contribution < -0.4 is 5.73 Å². The second kappa shape index (κ2) is 4.49. The van der Waals surface area contributed by atoms with E-state index in [-0.39, 0.29) is 5.41 Å². The highest BCUT2D eigenvalue weighted by Crippen LogP contribution is 2.55. The van der Waals surface area contributed by atoms with Gasteiger partial charge in [0.1, 0.15) is 0 Å². The molecule has 0 atom stereocenters. The van der Waals surface area contributed by atoms with E-state index in [0.29, 0.717) is 0 Å². The van der Waals surface area contributed by atoms with Gasteiger partial charge in [-0.1, -0.05) is 13.8 Å². The second-order valence-electron chi connectivity index (χ2n) is 8.20. The minimum atomic E-state index is 0.267. The summed E-state index contributed by atoms with van der Waals surface area (Å²) in [6.45, 7) is 6.57. The van der Waals surface area contributed by atoms with E-state index in [1.54, 1.807) is 6.42 Å². The molecule has 0 unspecified atom stereocenters. The van der Waals surface area contributed by atoms with E-state index in [9.17, 15) is 0 Å². The first-order valence-electron chi connectivity index (χ1n) is 7.89. The molecule has 2 N–H and O–H groups in total. The summed E-state index contributed by atoms with van der Waals surface area (Å²) < 4.78 is 0. The molecule has 18 heavy (non-hydrogen) atoms. The Bertz CT molecular complexity index is 282. The summed E-state index contributed by atoms with van der Waals surface area (Å²) in [6.07, 6.45) is 7.63. The Morgan fingerprint density at radius 1 is 1.00 bits per heavy atom. The van der Waals surface area contributed by atoms with Crippen LogP contribution in [-0.2, 0) is 0 Å². The van der Waals surface area contributed by atoms with Gasteiger partial charge in [-0.2, -0.15) is 0 Å². The molecule has 2 heteroatoms. The Hall–Kier alpha value is -0.0800. The molecular weight excluding hydrogens is 220 g/mol. The summed E-state index contributed by atoms with van der Waals surface area (Å²) in [7, 11) is 2.35. The fraction of sp³-hybridized carbons (Fsp3) is 1.00. The van der Waals surface area contributed by atoms with Crippen LogP contribution in [-0.4, -0.2) is 31.1 Å².